The summed E-state index contributed by atoms with van der Waals surface area (Å²) < 4.78 is 5.42. The maximum absolute atomic E-state index is 9.80. The molecule has 2 atom stereocenters. The van der Waals surface area contributed by atoms with Gasteiger partial charge in [-0.1, -0.05) is 18.1 Å². The number of aliphatic hydroxyl groups excluding tert-OH is 1. The number of hydrogen-bond donors (Lipinski definition) is 2. The molecule has 19 heavy (non-hydrogen) atoms. The Morgan fingerprint density at radius 3 is 2.84 bits per heavy atom. The maximum atomic E-state index is 9.80. The molecule has 0 radical (unpaired) electrons. The van der Waals surface area contributed by atoms with Gasteiger partial charge in [0.05, 0.1) is 17.2 Å². The first-order valence-corrected chi connectivity index (χ1v) is 6.05. The summed E-state index contributed by atoms with van der Waals surface area (Å²) in [5, 5.41) is 18.7. The van der Waals surface area contributed by atoms with Gasteiger partial charge in [0.1, 0.15) is 18.4 Å². The first-order chi connectivity index (χ1) is 8.98. The van der Waals surface area contributed by atoms with Crippen molar-refractivity contribution in [2.45, 2.75) is 31.4 Å². The second kappa shape index (κ2) is 6.80. The van der Waals surface area contributed by atoms with Crippen LogP contribution in [0, 0.1) is 23.7 Å². The van der Waals surface area contributed by atoms with Gasteiger partial charge in [0.2, 0.25) is 0 Å². The second-order valence-corrected chi connectivity index (χ2v) is 4.67. The number of ether oxygens (including phenoxy) is 1. The summed E-state index contributed by atoms with van der Waals surface area (Å²) in [6, 6.07) is 8.92. The van der Waals surface area contributed by atoms with Gasteiger partial charge < -0.3 is 15.6 Å². The number of nitrogens with two attached hydrogens (primary N) is 1. The molecular weight excluding hydrogens is 240 g/mol. The Bertz CT molecular complexity index is 498. The number of aliphatic hydroxyl groups is 1. The van der Waals surface area contributed by atoms with Crippen LogP contribution in [0.2, 0.25) is 0 Å². The van der Waals surface area contributed by atoms with Gasteiger partial charge in [0.25, 0.3) is 0 Å². The van der Waals surface area contributed by atoms with E-state index in [1.165, 1.54) is 0 Å². The molecule has 3 N–H and O–H groups in total. The number of nitrogens with zero attached hydrogens (tertiary/aromatic N) is 1. The zero-order valence-corrected chi connectivity index (χ0v) is 11.0. The smallest absolute Gasteiger partial charge is 0.137 e. The van der Waals surface area contributed by atoms with Crippen LogP contribution >= 0.6 is 0 Å². The third-order valence-electron chi connectivity index (χ3n) is 2.77. The van der Waals surface area contributed by atoms with Crippen molar-refractivity contribution in [1.29, 1.82) is 5.26 Å². The fourth-order valence-corrected chi connectivity index (χ4v) is 1.49. The van der Waals surface area contributed by atoms with Crippen LogP contribution < -0.4 is 10.5 Å². The molecule has 0 saturated heterocycles. The zero-order chi connectivity index (χ0) is 14.3. The minimum atomic E-state index is -0.717. The van der Waals surface area contributed by atoms with E-state index in [2.05, 4.69) is 5.92 Å². The molecule has 100 valence electrons. The molecule has 0 bridgehead atoms. The van der Waals surface area contributed by atoms with Crippen molar-refractivity contribution in [1.82, 2.24) is 0 Å². The highest BCUT2D eigenvalue weighted by molar-refractivity contribution is 5.42. The van der Waals surface area contributed by atoms with Crippen molar-refractivity contribution >= 4 is 0 Å². The van der Waals surface area contributed by atoms with E-state index in [-0.39, 0.29) is 6.61 Å². The Kier molecular flexibility index (Phi) is 5.38. The largest absolute Gasteiger partial charge is 0.490 e. The van der Waals surface area contributed by atoms with Crippen molar-refractivity contribution in [3.63, 3.8) is 0 Å². The van der Waals surface area contributed by atoms with Crippen LogP contribution in [0.1, 0.15) is 25.3 Å². The fourth-order valence-electron chi connectivity index (χ4n) is 1.49. The van der Waals surface area contributed by atoms with E-state index in [9.17, 15) is 5.11 Å². The maximum Gasteiger partial charge on any atom is 0.137 e. The topological polar surface area (TPSA) is 79.3 Å². The predicted molar refractivity (Wildman–Crippen MR) is 73.3 cm³/mol. The van der Waals surface area contributed by atoms with Gasteiger partial charge in [-0.3, -0.25) is 0 Å². The van der Waals surface area contributed by atoms with E-state index < -0.39 is 11.6 Å². The van der Waals surface area contributed by atoms with Crippen molar-refractivity contribution < 1.29 is 9.84 Å². The summed E-state index contributed by atoms with van der Waals surface area (Å²) in [7, 11) is 0. The molecule has 4 heteroatoms. The normalized spacial score (nSPS) is 14.8. The lowest BCUT2D eigenvalue weighted by Crippen LogP contribution is -2.35. The van der Waals surface area contributed by atoms with E-state index in [4.69, 9.17) is 22.2 Å². The van der Waals surface area contributed by atoms with E-state index in [0.29, 0.717) is 24.2 Å². The first-order valence-electron chi connectivity index (χ1n) is 6.05. The summed E-state index contributed by atoms with van der Waals surface area (Å²) in [5.74, 6) is 2.94. The van der Waals surface area contributed by atoms with Gasteiger partial charge in [-0.15, -0.1) is 6.42 Å². The molecule has 0 fully saturated rings. The van der Waals surface area contributed by atoms with Crippen molar-refractivity contribution in [2.75, 3.05) is 6.61 Å². The third kappa shape index (κ3) is 5.01. The minimum absolute atomic E-state index is 0.110. The Labute approximate surface area is 113 Å². The summed E-state index contributed by atoms with van der Waals surface area (Å²) in [4.78, 5) is 0. The van der Waals surface area contributed by atoms with Crippen molar-refractivity contribution in [3.05, 3.63) is 29.8 Å². The lowest BCUT2D eigenvalue weighted by Gasteiger charge is -2.19. The molecule has 0 aliphatic heterocycles. The molecular formula is C15H18N2O2. The molecule has 1 aromatic rings. The highest BCUT2D eigenvalue weighted by Gasteiger charge is 2.17. The lowest BCUT2D eigenvalue weighted by atomic mass is 9.96. The zero-order valence-electron chi connectivity index (χ0n) is 11.0. The molecule has 1 rings (SSSR count). The molecule has 2 unspecified atom stereocenters. The van der Waals surface area contributed by atoms with Crippen molar-refractivity contribution in [2.24, 2.45) is 5.73 Å². The van der Waals surface area contributed by atoms with E-state index in [0.717, 1.165) is 0 Å². The van der Waals surface area contributed by atoms with Crippen molar-refractivity contribution in [3.8, 4) is 24.2 Å². The first kappa shape index (κ1) is 15.0. The van der Waals surface area contributed by atoms with E-state index >= 15 is 0 Å². The molecule has 0 aliphatic carbocycles. The van der Waals surface area contributed by atoms with Crippen LogP contribution in [0.25, 0.3) is 0 Å². The van der Waals surface area contributed by atoms with Gasteiger partial charge in [0, 0.05) is 0 Å². The van der Waals surface area contributed by atoms with Gasteiger partial charge in [0.15, 0.2) is 0 Å². The number of para-hydroxylation sites is 1. The molecule has 0 heterocycles. The highest BCUT2D eigenvalue weighted by Crippen LogP contribution is 2.17. The quantitative estimate of drug-likeness (QED) is 0.756. The number of benzene rings is 1. The van der Waals surface area contributed by atoms with Crippen LogP contribution in [-0.4, -0.2) is 23.4 Å². The Hall–Kier alpha value is -2.01. The number of nitriles is 1. The standard InChI is InChI=1S/C15H18N2O2/c1-3-15(2,17)9-8-13(18)11-19-14-7-5-4-6-12(14)10-16/h1,4-7,13,18H,8-9,11,17H2,2H3. The van der Waals surface area contributed by atoms with Crippen LogP contribution in [-0.2, 0) is 0 Å². The van der Waals surface area contributed by atoms with Crippen LogP contribution in [0.15, 0.2) is 24.3 Å². The number of terminal acetylenes is 1. The molecule has 0 amide bonds. The SMILES string of the molecule is C#CC(C)(N)CCC(O)COc1ccccc1C#N. The number of rotatable bonds is 6. The molecule has 4 nitrogen and oxygen atoms in total. The third-order valence-corrected chi connectivity index (χ3v) is 2.77. The predicted octanol–water partition coefficient (Wildman–Crippen LogP) is 1.43. The molecule has 1 aromatic carbocycles. The number of hydrogen-bond acceptors (Lipinski definition) is 4. The molecule has 0 saturated carbocycles. The van der Waals surface area contributed by atoms with E-state index in [1.54, 1.807) is 31.2 Å². The lowest BCUT2D eigenvalue weighted by molar-refractivity contribution is 0.0947. The van der Waals surface area contributed by atoms with Crippen LogP contribution in [0.3, 0.4) is 0 Å². The molecule has 0 aliphatic rings. The fraction of sp³-hybridized carbons (Fsp3) is 0.400. The van der Waals surface area contributed by atoms with Gasteiger partial charge >= 0.3 is 0 Å². The highest BCUT2D eigenvalue weighted by atomic mass is 16.5. The Morgan fingerprint density at radius 1 is 1.53 bits per heavy atom. The monoisotopic (exact) mass is 258 g/mol. The summed E-state index contributed by atoms with van der Waals surface area (Å²) in [6.07, 6.45) is 5.57. The summed E-state index contributed by atoms with van der Waals surface area (Å²) >= 11 is 0. The Morgan fingerprint density at radius 2 is 2.21 bits per heavy atom. The second-order valence-electron chi connectivity index (χ2n) is 4.67. The van der Waals surface area contributed by atoms with E-state index in [1.807, 2.05) is 6.07 Å². The summed E-state index contributed by atoms with van der Waals surface area (Å²) in [6.45, 7) is 1.85. The van der Waals surface area contributed by atoms with Crippen LogP contribution in [0.5, 0.6) is 5.75 Å². The molecule has 0 spiro atoms. The van der Waals surface area contributed by atoms with Gasteiger partial charge in [-0.25, -0.2) is 0 Å². The minimum Gasteiger partial charge on any atom is -0.490 e. The van der Waals surface area contributed by atoms with Gasteiger partial charge in [-0.2, -0.15) is 5.26 Å². The van der Waals surface area contributed by atoms with Crippen LogP contribution in [0.4, 0.5) is 0 Å². The average molecular weight is 258 g/mol. The molecule has 0 aromatic heterocycles. The van der Waals surface area contributed by atoms with Gasteiger partial charge in [-0.05, 0) is 31.9 Å². The summed E-state index contributed by atoms with van der Waals surface area (Å²) in [5.41, 5.74) is 5.52. The Balaban J connectivity index is 2.45. The average Bonchev–Trinajstić information content (AvgIpc) is 2.43.